The van der Waals surface area contributed by atoms with Crippen molar-refractivity contribution in [3.8, 4) is 0 Å². The summed E-state index contributed by atoms with van der Waals surface area (Å²) in [5.74, 6) is 0.848. The van der Waals surface area contributed by atoms with Crippen molar-refractivity contribution < 1.29 is 9.53 Å². The standard InChI is InChI=1S/C30H30N8O2S/c39-27(5-3-10-36-12-14-40-15-13-36)37-11-8-24-26(19-37)41-30-28(24)29(32-20-33-30)35-22-6-7-25-21(16-22)17-34-38(25)18-23-4-1-2-9-31-23/h1-7,9,16-17,20H,8,10-15,18-19H2,(H,32,33,35). The average molecular weight is 567 g/mol. The highest BCUT2D eigenvalue weighted by molar-refractivity contribution is 7.19. The summed E-state index contributed by atoms with van der Waals surface area (Å²) in [7, 11) is 0. The van der Waals surface area contributed by atoms with E-state index in [-0.39, 0.29) is 5.91 Å². The lowest BCUT2D eigenvalue weighted by Crippen LogP contribution is -2.37. The number of morpholine rings is 1. The van der Waals surface area contributed by atoms with Crippen LogP contribution in [0.4, 0.5) is 11.5 Å². The molecule has 1 aromatic carbocycles. The van der Waals surface area contributed by atoms with Crippen LogP contribution in [0.15, 0.2) is 67.3 Å². The summed E-state index contributed by atoms with van der Waals surface area (Å²) < 4.78 is 7.36. The highest BCUT2D eigenvalue weighted by Gasteiger charge is 2.25. The Labute approximate surface area is 241 Å². The van der Waals surface area contributed by atoms with E-state index in [9.17, 15) is 4.79 Å². The Kier molecular flexibility index (Phi) is 7.14. The second-order valence-corrected chi connectivity index (χ2v) is 11.3. The van der Waals surface area contributed by atoms with Crippen molar-refractivity contribution in [1.82, 2.24) is 34.5 Å². The zero-order valence-corrected chi connectivity index (χ0v) is 23.4. The van der Waals surface area contributed by atoms with Gasteiger partial charge in [0, 0.05) is 54.4 Å². The van der Waals surface area contributed by atoms with Gasteiger partial charge in [0.25, 0.3) is 0 Å². The number of rotatable bonds is 7. The van der Waals surface area contributed by atoms with E-state index in [2.05, 4.69) is 48.5 Å². The van der Waals surface area contributed by atoms with Crippen molar-refractivity contribution in [2.75, 3.05) is 44.7 Å². The van der Waals surface area contributed by atoms with Crippen molar-refractivity contribution in [1.29, 1.82) is 0 Å². The maximum atomic E-state index is 12.9. The van der Waals surface area contributed by atoms with Crippen LogP contribution in [0.1, 0.15) is 16.1 Å². The first-order valence-corrected chi connectivity index (χ1v) is 14.7. The molecule has 7 rings (SSSR count). The second kappa shape index (κ2) is 11.4. The van der Waals surface area contributed by atoms with Gasteiger partial charge >= 0.3 is 0 Å². The van der Waals surface area contributed by atoms with Gasteiger partial charge in [0.1, 0.15) is 17.0 Å². The summed E-state index contributed by atoms with van der Waals surface area (Å²) in [6, 6.07) is 12.1. The van der Waals surface area contributed by atoms with Crippen LogP contribution in [-0.2, 0) is 29.0 Å². The van der Waals surface area contributed by atoms with Crippen molar-refractivity contribution >= 4 is 49.9 Å². The van der Waals surface area contributed by atoms with E-state index in [1.54, 1.807) is 29.9 Å². The molecule has 41 heavy (non-hydrogen) atoms. The van der Waals surface area contributed by atoms with Crippen molar-refractivity contribution in [3.63, 3.8) is 0 Å². The number of pyridine rings is 1. The van der Waals surface area contributed by atoms with E-state index in [4.69, 9.17) is 4.74 Å². The first-order chi connectivity index (χ1) is 20.2. The van der Waals surface area contributed by atoms with Gasteiger partial charge in [-0.25, -0.2) is 9.97 Å². The molecule has 6 heterocycles. The lowest BCUT2D eigenvalue weighted by Gasteiger charge is -2.27. The molecule has 2 aliphatic heterocycles. The number of ether oxygens (including phenoxy) is 1. The molecule has 208 valence electrons. The third-order valence-electron chi connectivity index (χ3n) is 7.62. The largest absolute Gasteiger partial charge is 0.379 e. The van der Waals surface area contributed by atoms with E-state index < -0.39 is 0 Å². The molecule has 0 unspecified atom stereocenters. The van der Waals surface area contributed by atoms with Crippen LogP contribution < -0.4 is 5.32 Å². The fraction of sp³-hybridized carbons (Fsp3) is 0.300. The molecule has 0 radical (unpaired) electrons. The predicted octanol–water partition coefficient (Wildman–Crippen LogP) is 4.00. The van der Waals surface area contributed by atoms with Gasteiger partial charge in [-0.15, -0.1) is 11.3 Å². The normalized spacial score (nSPS) is 16.0. The number of thiophene rings is 1. The molecule has 4 aromatic heterocycles. The number of amides is 1. The lowest BCUT2D eigenvalue weighted by atomic mass is 10.0. The molecule has 5 aromatic rings. The molecule has 1 amide bonds. The number of fused-ring (bicyclic) bond motifs is 4. The molecular formula is C30H30N8O2S. The van der Waals surface area contributed by atoms with E-state index >= 15 is 0 Å². The van der Waals surface area contributed by atoms with Crippen LogP contribution in [0.5, 0.6) is 0 Å². The molecule has 0 aliphatic carbocycles. The van der Waals surface area contributed by atoms with Crippen molar-refractivity contribution in [2.24, 2.45) is 0 Å². The van der Waals surface area contributed by atoms with Crippen LogP contribution in [0, 0.1) is 0 Å². The number of benzene rings is 1. The molecule has 1 fully saturated rings. The predicted molar refractivity (Wildman–Crippen MR) is 159 cm³/mol. The van der Waals surface area contributed by atoms with Gasteiger partial charge in [-0.2, -0.15) is 5.10 Å². The number of aromatic nitrogens is 5. The third kappa shape index (κ3) is 5.43. The molecule has 0 saturated carbocycles. The van der Waals surface area contributed by atoms with Gasteiger partial charge in [0.2, 0.25) is 5.91 Å². The SMILES string of the molecule is O=C(C=CCN1CCOCC1)N1CCc2c(sc3ncnc(Nc4ccc5c(cnn5Cc5ccccn5)c4)c23)C1. The topological polar surface area (TPSA) is 101 Å². The quantitative estimate of drug-likeness (QED) is 0.295. The summed E-state index contributed by atoms with van der Waals surface area (Å²) in [5.41, 5.74) is 4.19. The molecule has 2 aliphatic rings. The average Bonchev–Trinajstić information content (AvgIpc) is 3.59. The van der Waals surface area contributed by atoms with E-state index in [1.807, 2.05) is 40.1 Å². The van der Waals surface area contributed by atoms with Crippen molar-refractivity contribution in [3.05, 3.63) is 83.4 Å². The highest BCUT2D eigenvalue weighted by Crippen LogP contribution is 2.38. The Morgan fingerprint density at radius 2 is 2.02 bits per heavy atom. The zero-order valence-electron chi connectivity index (χ0n) is 22.6. The minimum absolute atomic E-state index is 0.0580. The molecular weight excluding hydrogens is 536 g/mol. The molecule has 1 saturated heterocycles. The first kappa shape index (κ1) is 25.8. The van der Waals surface area contributed by atoms with Gasteiger partial charge in [-0.05, 0) is 42.3 Å². The Hall–Kier alpha value is -4.19. The van der Waals surface area contributed by atoms with Gasteiger partial charge in [0.05, 0.1) is 49.1 Å². The third-order valence-corrected chi connectivity index (χ3v) is 8.74. The van der Waals surface area contributed by atoms with Crippen LogP contribution in [0.3, 0.4) is 0 Å². The fourth-order valence-electron chi connectivity index (χ4n) is 5.48. The molecule has 0 bridgehead atoms. The van der Waals surface area contributed by atoms with Gasteiger partial charge < -0.3 is 15.0 Å². The smallest absolute Gasteiger partial charge is 0.246 e. The Balaban J connectivity index is 1.07. The molecule has 10 nitrogen and oxygen atoms in total. The van der Waals surface area contributed by atoms with E-state index in [1.165, 1.54) is 10.4 Å². The minimum Gasteiger partial charge on any atom is -0.379 e. The van der Waals surface area contributed by atoms with Crippen LogP contribution >= 0.6 is 11.3 Å². The summed E-state index contributed by atoms with van der Waals surface area (Å²) >= 11 is 1.65. The summed E-state index contributed by atoms with van der Waals surface area (Å²) in [5, 5.41) is 10.2. The lowest BCUT2D eigenvalue weighted by molar-refractivity contribution is -0.126. The minimum atomic E-state index is 0.0580. The van der Waals surface area contributed by atoms with Crippen LogP contribution in [-0.4, -0.2) is 79.8 Å². The second-order valence-electron chi connectivity index (χ2n) is 10.3. The molecule has 1 N–H and O–H groups in total. The Morgan fingerprint density at radius 1 is 1.10 bits per heavy atom. The zero-order chi connectivity index (χ0) is 27.6. The fourth-order valence-corrected chi connectivity index (χ4v) is 6.68. The monoisotopic (exact) mass is 566 g/mol. The maximum absolute atomic E-state index is 12.9. The maximum Gasteiger partial charge on any atom is 0.246 e. The Morgan fingerprint density at radius 3 is 2.90 bits per heavy atom. The number of carbonyl (C=O) groups excluding carboxylic acids is 1. The number of nitrogens with zero attached hydrogens (tertiary/aromatic N) is 7. The summed E-state index contributed by atoms with van der Waals surface area (Å²) in [6.45, 7) is 6.00. The number of nitrogens with one attached hydrogen (secondary N) is 1. The number of anilines is 2. The van der Waals surface area contributed by atoms with Gasteiger partial charge in [-0.3, -0.25) is 19.4 Å². The molecule has 0 spiro atoms. The highest BCUT2D eigenvalue weighted by atomic mass is 32.1. The number of hydrogen-bond donors (Lipinski definition) is 1. The molecule has 0 atom stereocenters. The van der Waals surface area contributed by atoms with Gasteiger partial charge in [-0.1, -0.05) is 12.1 Å². The first-order valence-electron chi connectivity index (χ1n) is 13.8. The Bertz CT molecular complexity index is 1730. The van der Waals surface area contributed by atoms with E-state index in [0.717, 1.165) is 77.6 Å². The van der Waals surface area contributed by atoms with Gasteiger partial charge in [0.15, 0.2) is 0 Å². The summed E-state index contributed by atoms with van der Waals surface area (Å²) in [6.07, 6.45) is 9.75. The van der Waals surface area contributed by atoms with Crippen LogP contribution in [0.25, 0.3) is 21.1 Å². The number of hydrogen-bond acceptors (Lipinski definition) is 9. The number of carbonyl (C=O) groups is 1. The van der Waals surface area contributed by atoms with E-state index in [0.29, 0.717) is 19.6 Å². The van der Waals surface area contributed by atoms with Crippen LogP contribution in [0.2, 0.25) is 0 Å². The molecule has 11 heteroatoms. The van der Waals surface area contributed by atoms with Crippen molar-refractivity contribution in [2.45, 2.75) is 19.5 Å². The summed E-state index contributed by atoms with van der Waals surface area (Å²) in [4.78, 5) is 32.9.